The Morgan fingerprint density at radius 3 is 2.43 bits per heavy atom. The number of hydrogen-bond donors (Lipinski definition) is 0. The molecule has 0 amide bonds. The van der Waals surface area contributed by atoms with E-state index < -0.39 is 10.0 Å². The van der Waals surface area contributed by atoms with E-state index in [2.05, 4.69) is 31.9 Å². The normalized spacial score (nSPS) is 11.2. The molecule has 0 aliphatic rings. The molecule has 4 nitrogen and oxygen atoms in total. The summed E-state index contributed by atoms with van der Waals surface area (Å²) in [5.41, 5.74) is 0.532. The van der Waals surface area contributed by atoms with Gasteiger partial charge in [-0.05, 0) is 46.3 Å². The standard InChI is InChI=1S/C14H13Br2NO3S/c1-17(11-4-3-5-12(9-11)20-2)21(18,19)14-7-6-10(15)8-13(14)16/h3-9H,1-2H3. The second kappa shape index (κ2) is 6.37. The molecule has 0 saturated carbocycles. The summed E-state index contributed by atoms with van der Waals surface area (Å²) in [4.78, 5) is 0.205. The fourth-order valence-corrected chi connectivity index (χ4v) is 4.67. The molecule has 0 bridgehead atoms. The number of benzene rings is 2. The van der Waals surface area contributed by atoms with E-state index in [1.165, 1.54) is 11.4 Å². The highest BCUT2D eigenvalue weighted by Crippen LogP contribution is 2.31. The minimum atomic E-state index is -3.65. The highest BCUT2D eigenvalue weighted by atomic mass is 79.9. The Balaban J connectivity index is 2.47. The first-order chi connectivity index (χ1) is 9.86. The van der Waals surface area contributed by atoms with Gasteiger partial charge in [0.25, 0.3) is 10.0 Å². The van der Waals surface area contributed by atoms with Crippen molar-refractivity contribution in [1.82, 2.24) is 0 Å². The number of anilines is 1. The number of ether oxygens (including phenoxy) is 1. The van der Waals surface area contributed by atoms with Crippen molar-refractivity contribution in [3.63, 3.8) is 0 Å². The van der Waals surface area contributed by atoms with Crippen LogP contribution < -0.4 is 9.04 Å². The van der Waals surface area contributed by atoms with E-state index >= 15 is 0 Å². The van der Waals surface area contributed by atoms with Crippen LogP contribution in [-0.4, -0.2) is 22.6 Å². The Labute approximate surface area is 141 Å². The summed E-state index contributed by atoms with van der Waals surface area (Å²) >= 11 is 6.60. The van der Waals surface area contributed by atoms with Gasteiger partial charge in [-0.15, -0.1) is 0 Å². The van der Waals surface area contributed by atoms with Crippen LogP contribution in [0.25, 0.3) is 0 Å². The molecule has 0 aliphatic heterocycles. The molecule has 2 aromatic rings. The maximum Gasteiger partial charge on any atom is 0.265 e. The lowest BCUT2D eigenvalue weighted by Gasteiger charge is -2.20. The topological polar surface area (TPSA) is 46.6 Å². The Hall–Kier alpha value is -1.05. The Morgan fingerprint density at radius 1 is 1.10 bits per heavy atom. The van der Waals surface area contributed by atoms with Crippen LogP contribution in [0.1, 0.15) is 0 Å². The first kappa shape index (κ1) is 16.3. The molecule has 0 saturated heterocycles. The molecule has 0 aliphatic carbocycles. The summed E-state index contributed by atoms with van der Waals surface area (Å²) in [6.45, 7) is 0. The third-order valence-corrected chi connectivity index (χ3v) is 6.20. The lowest BCUT2D eigenvalue weighted by atomic mass is 10.3. The van der Waals surface area contributed by atoms with Crippen LogP contribution in [0.4, 0.5) is 5.69 Å². The Kier molecular flexibility index (Phi) is 4.95. The second-order valence-corrected chi connectivity index (χ2v) is 7.96. The molecular formula is C14H13Br2NO3S. The first-order valence-corrected chi connectivity index (χ1v) is 8.97. The molecule has 0 unspecified atom stereocenters. The van der Waals surface area contributed by atoms with Crippen molar-refractivity contribution in [2.45, 2.75) is 4.90 Å². The van der Waals surface area contributed by atoms with E-state index in [-0.39, 0.29) is 4.90 Å². The summed E-state index contributed by atoms with van der Waals surface area (Å²) in [6, 6.07) is 11.8. The maximum atomic E-state index is 12.7. The lowest BCUT2D eigenvalue weighted by molar-refractivity contribution is 0.415. The van der Waals surface area contributed by atoms with Gasteiger partial charge in [0.2, 0.25) is 0 Å². The largest absolute Gasteiger partial charge is 0.497 e. The van der Waals surface area contributed by atoms with Crippen LogP contribution in [0.2, 0.25) is 0 Å². The van der Waals surface area contributed by atoms with Gasteiger partial charge >= 0.3 is 0 Å². The molecule has 0 fully saturated rings. The van der Waals surface area contributed by atoms with Crippen molar-refractivity contribution >= 4 is 47.6 Å². The molecule has 0 heterocycles. The molecule has 7 heteroatoms. The average Bonchev–Trinajstić information content (AvgIpc) is 2.46. The molecule has 112 valence electrons. The predicted molar refractivity (Wildman–Crippen MR) is 90.4 cm³/mol. The van der Waals surface area contributed by atoms with Gasteiger partial charge in [-0.25, -0.2) is 8.42 Å². The quantitative estimate of drug-likeness (QED) is 0.729. The molecular weight excluding hydrogens is 422 g/mol. The Bertz CT molecular complexity index is 763. The van der Waals surface area contributed by atoms with Gasteiger partial charge in [-0.2, -0.15) is 0 Å². The zero-order valence-electron chi connectivity index (χ0n) is 11.4. The van der Waals surface area contributed by atoms with Crippen LogP contribution >= 0.6 is 31.9 Å². The number of rotatable bonds is 4. The van der Waals surface area contributed by atoms with Crippen molar-refractivity contribution in [3.8, 4) is 5.75 Å². The van der Waals surface area contributed by atoms with Gasteiger partial charge in [-0.1, -0.05) is 22.0 Å². The number of hydrogen-bond acceptors (Lipinski definition) is 3. The van der Waals surface area contributed by atoms with Crippen LogP contribution in [0.3, 0.4) is 0 Å². The summed E-state index contributed by atoms with van der Waals surface area (Å²) in [7, 11) is -0.601. The average molecular weight is 435 g/mol. The summed E-state index contributed by atoms with van der Waals surface area (Å²) in [6.07, 6.45) is 0. The van der Waals surface area contributed by atoms with Crippen molar-refractivity contribution in [2.24, 2.45) is 0 Å². The fourth-order valence-electron chi connectivity index (χ4n) is 1.78. The predicted octanol–water partition coefficient (Wildman–Crippen LogP) is 4.05. The van der Waals surface area contributed by atoms with Gasteiger partial charge in [-0.3, -0.25) is 4.31 Å². The van der Waals surface area contributed by atoms with Gasteiger partial charge in [0.1, 0.15) is 10.6 Å². The minimum absolute atomic E-state index is 0.205. The van der Waals surface area contributed by atoms with E-state index in [1.54, 1.807) is 49.6 Å². The number of methoxy groups -OCH3 is 1. The highest BCUT2D eigenvalue weighted by molar-refractivity contribution is 9.11. The summed E-state index contributed by atoms with van der Waals surface area (Å²) < 4.78 is 33.1. The van der Waals surface area contributed by atoms with Crippen molar-refractivity contribution in [2.75, 3.05) is 18.5 Å². The summed E-state index contributed by atoms with van der Waals surface area (Å²) in [5.74, 6) is 0.601. The van der Waals surface area contributed by atoms with E-state index in [4.69, 9.17) is 4.74 Å². The molecule has 0 spiro atoms. The van der Waals surface area contributed by atoms with Crippen LogP contribution in [-0.2, 0) is 10.0 Å². The third-order valence-electron chi connectivity index (χ3n) is 2.95. The van der Waals surface area contributed by atoms with Crippen molar-refractivity contribution < 1.29 is 13.2 Å². The van der Waals surface area contributed by atoms with E-state index in [1.807, 2.05) is 0 Å². The van der Waals surface area contributed by atoms with Gasteiger partial charge < -0.3 is 4.74 Å². The van der Waals surface area contributed by atoms with Crippen LogP contribution in [0.5, 0.6) is 5.75 Å². The SMILES string of the molecule is COc1cccc(N(C)S(=O)(=O)c2ccc(Br)cc2Br)c1. The zero-order valence-corrected chi connectivity index (χ0v) is 15.4. The van der Waals surface area contributed by atoms with Gasteiger partial charge in [0, 0.05) is 22.1 Å². The van der Waals surface area contributed by atoms with Gasteiger partial charge in [0.15, 0.2) is 0 Å². The lowest BCUT2D eigenvalue weighted by Crippen LogP contribution is -2.26. The Morgan fingerprint density at radius 2 is 1.81 bits per heavy atom. The third kappa shape index (κ3) is 3.41. The molecule has 0 N–H and O–H groups in total. The smallest absolute Gasteiger partial charge is 0.265 e. The van der Waals surface area contributed by atoms with Crippen LogP contribution in [0, 0.1) is 0 Å². The molecule has 0 radical (unpaired) electrons. The number of nitrogens with zero attached hydrogens (tertiary/aromatic N) is 1. The molecule has 21 heavy (non-hydrogen) atoms. The van der Waals surface area contributed by atoms with E-state index in [0.717, 1.165) is 4.47 Å². The number of sulfonamides is 1. The molecule has 0 atom stereocenters. The van der Waals surface area contributed by atoms with Crippen LogP contribution in [0.15, 0.2) is 56.3 Å². The first-order valence-electron chi connectivity index (χ1n) is 5.94. The zero-order chi connectivity index (χ0) is 15.6. The molecule has 2 aromatic carbocycles. The van der Waals surface area contributed by atoms with E-state index in [0.29, 0.717) is 15.9 Å². The monoisotopic (exact) mass is 433 g/mol. The van der Waals surface area contributed by atoms with Crippen molar-refractivity contribution in [1.29, 1.82) is 0 Å². The number of halogens is 2. The van der Waals surface area contributed by atoms with Crippen molar-refractivity contribution in [3.05, 3.63) is 51.4 Å². The van der Waals surface area contributed by atoms with Gasteiger partial charge in [0.05, 0.1) is 12.8 Å². The molecule has 2 rings (SSSR count). The highest BCUT2D eigenvalue weighted by Gasteiger charge is 2.24. The fraction of sp³-hybridized carbons (Fsp3) is 0.143. The van der Waals surface area contributed by atoms with E-state index in [9.17, 15) is 8.42 Å². The molecule has 0 aromatic heterocycles. The summed E-state index contributed by atoms with van der Waals surface area (Å²) in [5, 5.41) is 0. The minimum Gasteiger partial charge on any atom is -0.497 e. The maximum absolute atomic E-state index is 12.7. The second-order valence-electron chi connectivity index (χ2n) is 4.25.